The second-order valence-electron chi connectivity index (χ2n) is 6.53. The molecule has 1 aliphatic heterocycles. The van der Waals surface area contributed by atoms with Gasteiger partial charge in [-0.3, -0.25) is 4.98 Å². The van der Waals surface area contributed by atoms with Crippen LogP contribution >= 0.6 is 0 Å². The van der Waals surface area contributed by atoms with E-state index in [9.17, 15) is 0 Å². The molecule has 0 radical (unpaired) electrons. The van der Waals surface area contributed by atoms with Crippen molar-refractivity contribution in [2.24, 2.45) is 0 Å². The SMILES string of the molecule is CCCCC(C)(C)c1nc(C)cc2cc3c(cc12)OCO3. The lowest BCUT2D eigenvalue weighted by atomic mass is 9.81. The number of ether oxygens (including phenoxy) is 2. The summed E-state index contributed by atoms with van der Waals surface area (Å²) in [5.41, 5.74) is 2.29. The highest BCUT2D eigenvalue weighted by molar-refractivity contribution is 5.89. The number of hydrogen-bond donors (Lipinski definition) is 0. The molecule has 0 bridgehead atoms. The van der Waals surface area contributed by atoms with Gasteiger partial charge in [-0.15, -0.1) is 0 Å². The van der Waals surface area contributed by atoms with Crippen LogP contribution in [0.3, 0.4) is 0 Å². The first-order valence-corrected chi connectivity index (χ1v) is 7.73. The van der Waals surface area contributed by atoms with Crippen molar-refractivity contribution in [3.8, 4) is 11.5 Å². The summed E-state index contributed by atoms with van der Waals surface area (Å²) >= 11 is 0. The minimum absolute atomic E-state index is 0.0635. The zero-order valence-electron chi connectivity index (χ0n) is 13.3. The van der Waals surface area contributed by atoms with Crippen LogP contribution in [0.15, 0.2) is 18.2 Å². The number of benzene rings is 1. The third-order valence-corrected chi connectivity index (χ3v) is 4.25. The molecule has 1 aliphatic rings. The number of unbranched alkanes of at least 4 members (excludes halogenated alkanes) is 1. The normalized spacial score (nSPS) is 13.9. The number of nitrogens with zero attached hydrogens (tertiary/aromatic N) is 1. The van der Waals surface area contributed by atoms with Gasteiger partial charge in [0.2, 0.25) is 6.79 Å². The Bertz CT molecular complexity index is 676. The third-order valence-electron chi connectivity index (χ3n) is 4.25. The van der Waals surface area contributed by atoms with Crippen LogP contribution in [-0.2, 0) is 5.41 Å². The van der Waals surface area contributed by atoms with E-state index in [4.69, 9.17) is 14.5 Å². The second kappa shape index (κ2) is 5.21. The molecule has 3 nitrogen and oxygen atoms in total. The second-order valence-corrected chi connectivity index (χ2v) is 6.53. The molecule has 21 heavy (non-hydrogen) atoms. The topological polar surface area (TPSA) is 31.4 Å². The molecule has 0 saturated heterocycles. The molecule has 1 aromatic heterocycles. The summed E-state index contributed by atoms with van der Waals surface area (Å²) in [6, 6.07) is 6.29. The average Bonchev–Trinajstić information content (AvgIpc) is 2.89. The highest BCUT2D eigenvalue weighted by Crippen LogP contribution is 2.40. The van der Waals surface area contributed by atoms with Crippen LogP contribution in [0.25, 0.3) is 10.8 Å². The average molecular weight is 285 g/mol. The van der Waals surface area contributed by atoms with Gasteiger partial charge in [-0.2, -0.15) is 0 Å². The van der Waals surface area contributed by atoms with Crippen LogP contribution < -0.4 is 9.47 Å². The number of aromatic nitrogens is 1. The molecule has 1 aromatic carbocycles. The fourth-order valence-corrected chi connectivity index (χ4v) is 3.03. The number of fused-ring (bicyclic) bond motifs is 2. The summed E-state index contributed by atoms with van der Waals surface area (Å²) in [5, 5.41) is 2.37. The van der Waals surface area contributed by atoms with Crippen LogP contribution in [0, 0.1) is 6.92 Å². The monoisotopic (exact) mass is 285 g/mol. The van der Waals surface area contributed by atoms with Gasteiger partial charge in [0.1, 0.15) is 0 Å². The molecule has 2 heterocycles. The zero-order valence-corrected chi connectivity index (χ0v) is 13.3. The van der Waals surface area contributed by atoms with Gasteiger partial charge in [0.05, 0.1) is 5.69 Å². The van der Waals surface area contributed by atoms with E-state index in [0.29, 0.717) is 6.79 Å². The van der Waals surface area contributed by atoms with Gasteiger partial charge in [0.15, 0.2) is 11.5 Å². The Morgan fingerprint density at radius 2 is 1.86 bits per heavy atom. The number of hydrogen-bond acceptors (Lipinski definition) is 3. The molecule has 0 unspecified atom stereocenters. The Balaban J connectivity index is 2.17. The van der Waals surface area contributed by atoms with Crippen molar-refractivity contribution >= 4 is 10.8 Å². The molecule has 0 atom stereocenters. The maximum Gasteiger partial charge on any atom is 0.231 e. The van der Waals surface area contributed by atoms with Gasteiger partial charge in [-0.05, 0) is 36.9 Å². The smallest absolute Gasteiger partial charge is 0.231 e. The highest BCUT2D eigenvalue weighted by Gasteiger charge is 2.26. The summed E-state index contributed by atoms with van der Waals surface area (Å²) in [6.07, 6.45) is 3.57. The zero-order chi connectivity index (χ0) is 15.0. The summed E-state index contributed by atoms with van der Waals surface area (Å²) in [5.74, 6) is 1.67. The van der Waals surface area contributed by atoms with Crippen molar-refractivity contribution in [1.29, 1.82) is 0 Å². The van der Waals surface area contributed by atoms with Gasteiger partial charge in [0.25, 0.3) is 0 Å². The molecule has 0 spiro atoms. The first-order valence-electron chi connectivity index (χ1n) is 7.73. The lowest BCUT2D eigenvalue weighted by Gasteiger charge is -2.26. The standard InChI is InChI=1S/C18H23NO2/c1-5-6-7-18(3,4)17-14-10-16-15(20-11-21-16)9-13(14)8-12(2)19-17/h8-10H,5-7,11H2,1-4H3. The summed E-state index contributed by atoms with van der Waals surface area (Å²) < 4.78 is 11.0. The van der Waals surface area contributed by atoms with E-state index in [0.717, 1.165) is 23.6 Å². The van der Waals surface area contributed by atoms with E-state index >= 15 is 0 Å². The molecule has 0 N–H and O–H groups in total. The van der Waals surface area contributed by atoms with Crippen LogP contribution in [0.2, 0.25) is 0 Å². The van der Waals surface area contributed by atoms with E-state index in [2.05, 4.69) is 45.9 Å². The Morgan fingerprint density at radius 3 is 2.57 bits per heavy atom. The van der Waals surface area contributed by atoms with Crippen LogP contribution in [0.1, 0.15) is 51.4 Å². The van der Waals surface area contributed by atoms with E-state index in [1.54, 1.807) is 0 Å². The summed E-state index contributed by atoms with van der Waals surface area (Å²) in [6.45, 7) is 9.18. The van der Waals surface area contributed by atoms with E-state index < -0.39 is 0 Å². The van der Waals surface area contributed by atoms with Crippen molar-refractivity contribution in [3.63, 3.8) is 0 Å². The van der Waals surface area contributed by atoms with Crippen molar-refractivity contribution in [3.05, 3.63) is 29.6 Å². The van der Waals surface area contributed by atoms with Gasteiger partial charge in [-0.25, -0.2) is 0 Å². The van der Waals surface area contributed by atoms with E-state index in [1.807, 2.05) is 0 Å². The van der Waals surface area contributed by atoms with Crippen molar-refractivity contribution < 1.29 is 9.47 Å². The maximum atomic E-state index is 5.54. The first-order chi connectivity index (χ1) is 10.0. The predicted molar refractivity (Wildman–Crippen MR) is 85.2 cm³/mol. The molecule has 3 heteroatoms. The first kappa shape index (κ1) is 14.2. The Labute approximate surface area is 126 Å². The molecule has 3 rings (SSSR count). The molecule has 0 aliphatic carbocycles. The van der Waals surface area contributed by atoms with E-state index in [1.165, 1.54) is 29.3 Å². The molecule has 112 valence electrons. The molecule has 0 saturated carbocycles. The van der Waals surface area contributed by atoms with Crippen LogP contribution in [0.5, 0.6) is 11.5 Å². The third kappa shape index (κ3) is 2.57. The minimum atomic E-state index is 0.0635. The van der Waals surface area contributed by atoms with Gasteiger partial charge in [0, 0.05) is 16.5 Å². The minimum Gasteiger partial charge on any atom is -0.454 e. The number of rotatable bonds is 4. The maximum absolute atomic E-state index is 5.54. The Hall–Kier alpha value is -1.77. The molecule has 0 fully saturated rings. The van der Waals surface area contributed by atoms with Gasteiger partial charge in [-0.1, -0.05) is 33.6 Å². The largest absolute Gasteiger partial charge is 0.454 e. The van der Waals surface area contributed by atoms with Gasteiger partial charge < -0.3 is 9.47 Å². The van der Waals surface area contributed by atoms with Crippen molar-refractivity contribution in [1.82, 2.24) is 4.98 Å². The molecular formula is C18H23NO2. The Kier molecular flexibility index (Phi) is 3.52. The predicted octanol–water partition coefficient (Wildman–Crippen LogP) is 4.74. The molecular weight excluding hydrogens is 262 g/mol. The van der Waals surface area contributed by atoms with Crippen molar-refractivity contribution in [2.45, 2.75) is 52.4 Å². The number of pyridine rings is 1. The lowest BCUT2D eigenvalue weighted by Crippen LogP contribution is -2.19. The van der Waals surface area contributed by atoms with Gasteiger partial charge >= 0.3 is 0 Å². The van der Waals surface area contributed by atoms with E-state index in [-0.39, 0.29) is 5.41 Å². The highest BCUT2D eigenvalue weighted by atomic mass is 16.7. The van der Waals surface area contributed by atoms with Crippen LogP contribution in [-0.4, -0.2) is 11.8 Å². The molecule has 2 aromatic rings. The fourth-order valence-electron chi connectivity index (χ4n) is 3.03. The Morgan fingerprint density at radius 1 is 1.14 bits per heavy atom. The number of aryl methyl sites for hydroxylation is 1. The fraction of sp³-hybridized carbons (Fsp3) is 0.500. The lowest BCUT2D eigenvalue weighted by molar-refractivity contribution is 0.174. The molecule has 0 amide bonds. The quantitative estimate of drug-likeness (QED) is 0.813. The van der Waals surface area contributed by atoms with Crippen LogP contribution in [0.4, 0.5) is 0 Å². The summed E-state index contributed by atoms with van der Waals surface area (Å²) in [7, 11) is 0. The summed E-state index contributed by atoms with van der Waals surface area (Å²) in [4.78, 5) is 4.86. The van der Waals surface area contributed by atoms with Crippen molar-refractivity contribution in [2.75, 3.05) is 6.79 Å².